The van der Waals surface area contributed by atoms with Gasteiger partial charge in [0.2, 0.25) is 5.91 Å². The number of hydrogen-bond acceptors (Lipinski definition) is 4. The highest BCUT2D eigenvalue weighted by molar-refractivity contribution is 5.83. The Morgan fingerprint density at radius 3 is 2.57 bits per heavy atom. The lowest BCUT2D eigenvalue weighted by Gasteiger charge is -2.11. The predicted molar refractivity (Wildman–Crippen MR) is 77.7 cm³/mol. The van der Waals surface area contributed by atoms with Crippen molar-refractivity contribution in [2.45, 2.75) is 32.2 Å². The molecule has 1 aromatic carbocycles. The number of methoxy groups -OCH3 is 2. The quantitative estimate of drug-likeness (QED) is 0.761. The number of nitrogens with one attached hydrogen (secondary N) is 1. The number of carbonyl (C=O) groups excluding carboxylic acids is 1. The SMILES string of the molecule is COc1ccc(CCCC(=O)NC(C)C(=O)O)c(OC)c1. The van der Waals surface area contributed by atoms with Crippen LogP contribution < -0.4 is 14.8 Å². The summed E-state index contributed by atoms with van der Waals surface area (Å²) >= 11 is 0. The summed E-state index contributed by atoms with van der Waals surface area (Å²) in [6.07, 6.45) is 1.55. The molecule has 0 heterocycles. The Morgan fingerprint density at radius 1 is 1.29 bits per heavy atom. The smallest absolute Gasteiger partial charge is 0.325 e. The first-order valence-electron chi connectivity index (χ1n) is 6.71. The molecular weight excluding hydrogens is 274 g/mol. The van der Waals surface area contributed by atoms with E-state index in [4.69, 9.17) is 14.6 Å². The number of hydrogen-bond donors (Lipinski definition) is 2. The van der Waals surface area contributed by atoms with Gasteiger partial charge in [-0.25, -0.2) is 0 Å². The van der Waals surface area contributed by atoms with Crippen LogP contribution in [0, 0.1) is 0 Å². The van der Waals surface area contributed by atoms with Crippen LogP contribution >= 0.6 is 0 Å². The molecule has 0 aliphatic rings. The molecule has 0 aromatic heterocycles. The number of amides is 1. The van der Waals surface area contributed by atoms with Gasteiger partial charge in [-0.3, -0.25) is 9.59 Å². The van der Waals surface area contributed by atoms with Crippen LogP contribution in [-0.2, 0) is 16.0 Å². The van der Waals surface area contributed by atoms with Crippen molar-refractivity contribution in [1.82, 2.24) is 5.32 Å². The Kier molecular flexibility index (Phi) is 6.52. The molecule has 1 atom stereocenters. The highest BCUT2D eigenvalue weighted by Gasteiger charge is 2.13. The van der Waals surface area contributed by atoms with Crippen molar-refractivity contribution >= 4 is 11.9 Å². The van der Waals surface area contributed by atoms with Crippen LogP contribution in [0.1, 0.15) is 25.3 Å². The highest BCUT2D eigenvalue weighted by Crippen LogP contribution is 2.25. The molecule has 1 aromatic rings. The van der Waals surface area contributed by atoms with E-state index < -0.39 is 12.0 Å². The van der Waals surface area contributed by atoms with Crippen LogP contribution in [-0.4, -0.2) is 37.2 Å². The number of carboxylic acids is 1. The van der Waals surface area contributed by atoms with Gasteiger partial charge in [0.05, 0.1) is 14.2 Å². The monoisotopic (exact) mass is 295 g/mol. The predicted octanol–water partition coefficient (Wildman–Crippen LogP) is 1.62. The number of carbonyl (C=O) groups is 2. The van der Waals surface area contributed by atoms with E-state index in [1.54, 1.807) is 20.3 Å². The lowest BCUT2D eigenvalue weighted by atomic mass is 10.1. The van der Waals surface area contributed by atoms with Crippen LogP contribution in [0.4, 0.5) is 0 Å². The average molecular weight is 295 g/mol. The van der Waals surface area contributed by atoms with Gasteiger partial charge in [0.15, 0.2) is 0 Å². The zero-order chi connectivity index (χ0) is 15.8. The molecule has 1 amide bonds. The molecule has 116 valence electrons. The fourth-order valence-electron chi connectivity index (χ4n) is 1.87. The van der Waals surface area contributed by atoms with Crippen molar-refractivity contribution in [2.75, 3.05) is 14.2 Å². The number of rotatable bonds is 8. The molecule has 0 aliphatic carbocycles. The molecule has 2 N–H and O–H groups in total. The Morgan fingerprint density at radius 2 is 2.00 bits per heavy atom. The lowest BCUT2D eigenvalue weighted by molar-refractivity contribution is -0.141. The number of carboxylic acid groups (broad SMARTS) is 1. The summed E-state index contributed by atoms with van der Waals surface area (Å²) < 4.78 is 10.4. The van der Waals surface area contributed by atoms with E-state index in [1.165, 1.54) is 6.92 Å². The summed E-state index contributed by atoms with van der Waals surface area (Å²) in [5.41, 5.74) is 0.984. The van der Waals surface area contributed by atoms with E-state index >= 15 is 0 Å². The summed E-state index contributed by atoms with van der Waals surface area (Å²) in [5, 5.41) is 11.1. The van der Waals surface area contributed by atoms with E-state index in [0.717, 1.165) is 5.56 Å². The second kappa shape index (κ2) is 8.14. The van der Waals surface area contributed by atoms with Gasteiger partial charge in [-0.2, -0.15) is 0 Å². The molecule has 0 bridgehead atoms. The second-order valence-corrected chi connectivity index (χ2v) is 4.66. The maximum atomic E-state index is 11.6. The van der Waals surface area contributed by atoms with Gasteiger partial charge in [-0.05, 0) is 31.4 Å². The van der Waals surface area contributed by atoms with Crippen molar-refractivity contribution in [3.8, 4) is 11.5 Å². The van der Waals surface area contributed by atoms with E-state index in [0.29, 0.717) is 24.3 Å². The zero-order valence-electron chi connectivity index (χ0n) is 12.5. The number of ether oxygens (including phenoxy) is 2. The molecule has 0 radical (unpaired) electrons. The molecule has 0 fully saturated rings. The molecule has 1 rings (SSSR count). The number of aryl methyl sites for hydroxylation is 1. The highest BCUT2D eigenvalue weighted by atomic mass is 16.5. The van der Waals surface area contributed by atoms with Gasteiger partial charge in [-0.15, -0.1) is 0 Å². The third-order valence-corrected chi connectivity index (χ3v) is 3.09. The molecular formula is C15H21NO5. The van der Waals surface area contributed by atoms with Gasteiger partial charge < -0.3 is 19.9 Å². The van der Waals surface area contributed by atoms with Gasteiger partial charge in [-0.1, -0.05) is 6.07 Å². The third-order valence-electron chi connectivity index (χ3n) is 3.09. The summed E-state index contributed by atoms with van der Waals surface area (Å²) in [7, 11) is 3.17. The van der Waals surface area contributed by atoms with Crippen molar-refractivity contribution in [2.24, 2.45) is 0 Å². The summed E-state index contributed by atoms with van der Waals surface area (Å²) in [6.45, 7) is 1.44. The third kappa shape index (κ3) is 5.33. The van der Waals surface area contributed by atoms with Gasteiger partial charge in [0.1, 0.15) is 17.5 Å². The second-order valence-electron chi connectivity index (χ2n) is 4.66. The fraction of sp³-hybridized carbons (Fsp3) is 0.467. The van der Waals surface area contributed by atoms with Crippen LogP contribution in [0.3, 0.4) is 0 Å². The molecule has 0 spiro atoms. The largest absolute Gasteiger partial charge is 0.497 e. The first kappa shape index (κ1) is 16.8. The molecule has 21 heavy (non-hydrogen) atoms. The van der Waals surface area contributed by atoms with E-state index in [2.05, 4.69) is 5.32 Å². The van der Waals surface area contributed by atoms with Gasteiger partial charge >= 0.3 is 5.97 Å². The molecule has 1 unspecified atom stereocenters. The van der Waals surface area contributed by atoms with Crippen LogP contribution in [0.15, 0.2) is 18.2 Å². The first-order chi connectivity index (χ1) is 9.97. The standard InChI is InChI=1S/C15H21NO5/c1-10(15(18)19)16-14(17)6-4-5-11-7-8-12(20-2)9-13(11)21-3/h7-10H,4-6H2,1-3H3,(H,16,17)(H,18,19). The molecule has 0 aliphatic heterocycles. The molecule has 6 nitrogen and oxygen atoms in total. The fourth-order valence-corrected chi connectivity index (χ4v) is 1.87. The van der Waals surface area contributed by atoms with Crippen molar-refractivity contribution in [1.29, 1.82) is 0 Å². The normalized spacial score (nSPS) is 11.6. The minimum absolute atomic E-state index is 0.266. The Balaban J connectivity index is 2.49. The molecule has 0 saturated carbocycles. The minimum Gasteiger partial charge on any atom is -0.497 e. The topological polar surface area (TPSA) is 84.9 Å². The maximum Gasteiger partial charge on any atom is 0.325 e. The maximum absolute atomic E-state index is 11.6. The summed E-state index contributed by atoms with van der Waals surface area (Å²) in [5.74, 6) is 0.120. The lowest BCUT2D eigenvalue weighted by Crippen LogP contribution is -2.38. The van der Waals surface area contributed by atoms with Gasteiger partial charge in [0.25, 0.3) is 0 Å². The van der Waals surface area contributed by atoms with Crippen molar-refractivity contribution < 1.29 is 24.2 Å². The van der Waals surface area contributed by atoms with Crippen LogP contribution in [0.5, 0.6) is 11.5 Å². The van der Waals surface area contributed by atoms with E-state index in [9.17, 15) is 9.59 Å². The van der Waals surface area contributed by atoms with Crippen LogP contribution in [0.25, 0.3) is 0 Å². The van der Waals surface area contributed by atoms with E-state index in [1.807, 2.05) is 12.1 Å². The Hall–Kier alpha value is -2.24. The molecule has 0 saturated heterocycles. The Labute approximate surface area is 124 Å². The van der Waals surface area contributed by atoms with Gasteiger partial charge in [0, 0.05) is 12.5 Å². The van der Waals surface area contributed by atoms with E-state index in [-0.39, 0.29) is 12.3 Å². The summed E-state index contributed by atoms with van der Waals surface area (Å²) in [4.78, 5) is 22.2. The van der Waals surface area contributed by atoms with Crippen LogP contribution in [0.2, 0.25) is 0 Å². The number of benzene rings is 1. The first-order valence-corrected chi connectivity index (χ1v) is 6.71. The molecule has 6 heteroatoms. The summed E-state index contributed by atoms with van der Waals surface area (Å²) in [6, 6.07) is 4.66. The average Bonchev–Trinajstić information content (AvgIpc) is 2.47. The Bertz CT molecular complexity index is 501. The zero-order valence-corrected chi connectivity index (χ0v) is 12.5. The minimum atomic E-state index is -1.04. The van der Waals surface area contributed by atoms with Crippen molar-refractivity contribution in [3.05, 3.63) is 23.8 Å². The number of aliphatic carboxylic acids is 1. The van der Waals surface area contributed by atoms with Crippen molar-refractivity contribution in [3.63, 3.8) is 0 Å².